The van der Waals surface area contributed by atoms with Crippen LogP contribution in [0.5, 0.6) is 0 Å². The van der Waals surface area contributed by atoms with Gasteiger partial charge in [0.15, 0.2) is 0 Å². The zero-order valence-electron chi connectivity index (χ0n) is 18.5. The summed E-state index contributed by atoms with van der Waals surface area (Å²) in [5.41, 5.74) is 0.771. The second-order valence-electron chi connectivity index (χ2n) is 7.72. The number of benzene rings is 2. The van der Waals surface area contributed by atoms with Crippen LogP contribution in [-0.2, 0) is 22.2 Å². The number of hydrogen-bond acceptors (Lipinski definition) is 4. The van der Waals surface area contributed by atoms with Gasteiger partial charge in [-0.1, -0.05) is 37.3 Å². The van der Waals surface area contributed by atoms with Crippen LogP contribution in [0.2, 0.25) is 0 Å². The number of carbonyl (C=O) groups is 3. The molecule has 2 aromatic carbocycles. The third-order valence-corrected chi connectivity index (χ3v) is 5.32. The minimum atomic E-state index is -4.50. The first-order valence-electron chi connectivity index (χ1n) is 10.7. The standard InChI is InChI=1S/C25H20F3N3O4/c1-2-15-6-3-4-9-19(15)29-22(32)14-31-23(33)20(30-24(31)34)13-18-10-11-21(35-18)16-7-5-8-17(12-16)25(26,27)28/h3-13H,2,14H2,1H3,(H,29,32)(H,30,34)/b20-13+. The summed E-state index contributed by atoms with van der Waals surface area (Å²) in [6.07, 6.45) is -2.55. The van der Waals surface area contributed by atoms with Gasteiger partial charge in [0.1, 0.15) is 23.8 Å². The van der Waals surface area contributed by atoms with Gasteiger partial charge in [-0.25, -0.2) is 9.69 Å². The summed E-state index contributed by atoms with van der Waals surface area (Å²) in [6.45, 7) is 1.44. The molecule has 10 heteroatoms. The molecule has 0 unspecified atom stereocenters. The fraction of sp³-hybridized carbons (Fsp3) is 0.160. The Bertz CT molecular complexity index is 1330. The van der Waals surface area contributed by atoms with E-state index in [1.807, 2.05) is 19.1 Å². The molecule has 1 aliphatic rings. The zero-order valence-corrected chi connectivity index (χ0v) is 18.5. The Morgan fingerprint density at radius 2 is 1.86 bits per heavy atom. The van der Waals surface area contributed by atoms with Crippen LogP contribution >= 0.6 is 0 Å². The van der Waals surface area contributed by atoms with E-state index in [4.69, 9.17) is 4.42 Å². The van der Waals surface area contributed by atoms with Crippen molar-refractivity contribution >= 4 is 29.6 Å². The van der Waals surface area contributed by atoms with Crippen molar-refractivity contribution < 1.29 is 32.0 Å². The van der Waals surface area contributed by atoms with Crippen molar-refractivity contribution in [1.82, 2.24) is 10.2 Å². The number of amides is 4. The molecule has 7 nitrogen and oxygen atoms in total. The molecule has 0 saturated carbocycles. The average molecular weight is 483 g/mol. The second kappa shape index (κ2) is 9.49. The van der Waals surface area contributed by atoms with Crippen LogP contribution in [0.4, 0.5) is 23.7 Å². The first kappa shape index (κ1) is 23.8. The molecule has 1 saturated heterocycles. The van der Waals surface area contributed by atoms with Crippen molar-refractivity contribution in [3.63, 3.8) is 0 Å². The van der Waals surface area contributed by atoms with Gasteiger partial charge in [0.25, 0.3) is 5.91 Å². The van der Waals surface area contributed by atoms with E-state index in [0.717, 1.165) is 22.6 Å². The molecule has 2 heterocycles. The van der Waals surface area contributed by atoms with Crippen molar-refractivity contribution in [3.8, 4) is 11.3 Å². The Morgan fingerprint density at radius 1 is 1.09 bits per heavy atom. The van der Waals surface area contributed by atoms with Crippen LogP contribution in [0.25, 0.3) is 17.4 Å². The molecule has 1 fully saturated rings. The number of hydrogen-bond donors (Lipinski definition) is 2. The molecular formula is C25H20F3N3O4. The van der Waals surface area contributed by atoms with Gasteiger partial charge in [0.2, 0.25) is 5.91 Å². The predicted octanol–water partition coefficient (Wildman–Crippen LogP) is 5.06. The fourth-order valence-corrected chi connectivity index (χ4v) is 3.58. The van der Waals surface area contributed by atoms with Crippen LogP contribution in [-0.4, -0.2) is 29.3 Å². The Labute approximate surface area is 198 Å². The monoisotopic (exact) mass is 483 g/mol. The van der Waals surface area contributed by atoms with Gasteiger partial charge in [0.05, 0.1) is 5.56 Å². The van der Waals surface area contributed by atoms with Crippen LogP contribution in [0.15, 0.2) is 70.8 Å². The molecule has 0 radical (unpaired) electrons. The fourth-order valence-electron chi connectivity index (χ4n) is 3.58. The quantitative estimate of drug-likeness (QED) is 0.379. The lowest BCUT2D eigenvalue weighted by molar-refractivity contribution is -0.137. The summed E-state index contributed by atoms with van der Waals surface area (Å²) in [7, 11) is 0. The van der Waals surface area contributed by atoms with Crippen molar-refractivity contribution in [1.29, 1.82) is 0 Å². The highest BCUT2D eigenvalue weighted by atomic mass is 19.4. The molecule has 180 valence electrons. The molecule has 4 amide bonds. The SMILES string of the molecule is CCc1ccccc1NC(=O)CN1C(=O)N/C(=C/c2ccc(-c3cccc(C(F)(F)F)c3)o2)C1=O. The molecule has 0 bridgehead atoms. The van der Waals surface area contributed by atoms with Crippen LogP contribution in [0.1, 0.15) is 23.8 Å². The summed E-state index contributed by atoms with van der Waals surface area (Å²) < 4.78 is 44.5. The highest BCUT2D eigenvalue weighted by molar-refractivity contribution is 6.15. The lowest BCUT2D eigenvalue weighted by Crippen LogP contribution is -2.38. The number of furan rings is 1. The first-order valence-corrected chi connectivity index (χ1v) is 10.7. The summed E-state index contributed by atoms with van der Waals surface area (Å²) in [5.74, 6) is -0.971. The highest BCUT2D eigenvalue weighted by Crippen LogP contribution is 2.33. The van der Waals surface area contributed by atoms with E-state index < -0.39 is 36.1 Å². The van der Waals surface area contributed by atoms with Crippen LogP contribution in [0.3, 0.4) is 0 Å². The summed E-state index contributed by atoms with van der Waals surface area (Å²) >= 11 is 0. The van der Waals surface area contributed by atoms with Gasteiger partial charge in [-0.3, -0.25) is 9.59 Å². The third-order valence-electron chi connectivity index (χ3n) is 5.32. The lowest BCUT2D eigenvalue weighted by atomic mass is 10.1. The summed E-state index contributed by atoms with van der Waals surface area (Å²) in [4.78, 5) is 38.2. The van der Waals surface area contributed by atoms with Gasteiger partial charge < -0.3 is 15.1 Å². The zero-order chi connectivity index (χ0) is 25.2. The number of carbonyl (C=O) groups excluding carboxylic acids is 3. The Kier molecular flexibility index (Phi) is 6.46. The number of para-hydroxylation sites is 1. The maximum Gasteiger partial charge on any atom is 0.416 e. The normalized spacial score (nSPS) is 15.0. The third kappa shape index (κ3) is 5.26. The number of rotatable bonds is 6. The van der Waals surface area contributed by atoms with E-state index in [1.54, 1.807) is 12.1 Å². The molecule has 1 aromatic heterocycles. The number of aryl methyl sites for hydroxylation is 1. The topological polar surface area (TPSA) is 91.7 Å². The average Bonchev–Trinajstić information content (AvgIpc) is 3.39. The van der Waals surface area contributed by atoms with Gasteiger partial charge in [-0.05, 0) is 42.3 Å². The van der Waals surface area contributed by atoms with Gasteiger partial charge >= 0.3 is 12.2 Å². The molecule has 0 aliphatic carbocycles. The predicted molar refractivity (Wildman–Crippen MR) is 122 cm³/mol. The minimum absolute atomic E-state index is 0.123. The molecule has 4 rings (SSSR count). The Morgan fingerprint density at radius 3 is 2.60 bits per heavy atom. The summed E-state index contributed by atoms with van der Waals surface area (Å²) in [6, 6.07) is 14.0. The van der Waals surface area contributed by atoms with Crippen LogP contribution < -0.4 is 10.6 Å². The Hall–Kier alpha value is -4.34. The molecule has 0 atom stereocenters. The number of alkyl halides is 3. The number of anilines is 1. The maximum absolute atomic E-state index is 13.0. The molecule has 1 aliphatic heterocycles. The Balaban J connectivity index is 1.47. The van der Waals surface area contributed by atoms with E-state index in [0.29, 0.717) is 12.1 Å². The van der Waals surface area contributed by atoms with Crippen LogP contribution in [0, 0.1) is 0 Å². The van der Waals surface area contributed by atoms with Crippen molar-refractivity contribution in [2.24, 2.45) is 0 Å². The maximum atomic E-state index is 13.0. The van der Waals surface area contributed by atoms with Gasteiger partial charge in [-0.2, -0.15) is 13.2 Å². The van der Waals surface area contributed by atoms with Crippen molar-refractivity contribution in [2.75, 3.05) is 11.9 Å². The molecule has 0 spiro atoms. The van der Waals surface area contributed by atoms with E-state index in [2.05, 4.69) is 10.6 Å². The molecular weight excluding hydrogens is 463 g/mol. The largest absolute Gasteiger partial charge is 0.457 e. The molecule has 2 N–H and O–H groups in total. The first-order chi connectivity index (χ1) is 16.7. The van der Waals surface area contributed by atoms with E-state index in [9.17, 15) is 27.6 Å². The number of imide groups is 1. The number of urea groups is 1. The highest BCUT2D eigenvalue weighted by Gasteiger charge is 2.35. The number of nitrogens with one attached hydrogen (secondary N) is 2. The van der Waals surface area contributed by atoms with Gasteiger partial charge in [0, 0.05) is 17.3 Å². The molecule has 35 heavy (non-hydrogen) atoms. The minimum Gasteiger partial charge on any atom is -0.457 e. The molecule has 3 aromatic rings. The summed E-state index contributed by atoms with van der Waals surface area (Å²) in [5, 5.41) is 5.08. The number of nitrogens with zero attached hydrogens (tertiary/aromatic N) is 1. The van der Waals surface area contributed by atoms with Gasteiger partial charge in [-0.15, -0.1) is 0 Å². The van der Waals surface area contributed by atoms with Crippen molar-refractivity contribution in [3.05, 3.63) is 83.2 Å². The van der Waals surface area contributed by atoms with E-state index >= 15 is 0 Å². The lowest BCUT2D eigenvalue weighted by Gasteiger charge is -2.13. The number of halogens is 3. The van der Waals surface area contributed by atoms with E-state index in [-0.39, 0.29) is 22.8 Å². The second-order valence-corrected chi connectivity index (χ2v) is 7.72. The smallest absolute Gasteiger partial charge is 0.416 e. The van der Waals surface area contributed by atoms with E-state index in [1.165, 1.54) is 30.3 Å². The van der Waals surface area contributed by atoms with Crippen molar-refractivity contribution in [2.45, 2.75) is 19.5 Å².